The Morgan fingerprint density at radius 2 is 1.79 bits per heavy atom. The third-order valence-electron chi connectivity index (χ3n) is 2.38. The van der Waals surface area contributed by atoms with Crippen molar-refractivity contribution < 1.29 is 8.42 Å². The molecule has 14 heavy (non-hydrogen) atoms. The Labute approximate surface area is 96.5 Å². The minimum atomic E-state index is -2.86. The molecule has 0 amide bonds. The van der Waals surface area contributed by atoms with Crippen LogP contribution >= 0.6 is 15.9 Å². The fourth-order valence-corrected chi connectivity index (χ4v) is 4.75. The second-order valence-corrected chi connectivity index (χ2v) is 7.71. The van der Waals surface area contributed by atoms with Crippen LogP contribution in [0.1, 0.15) is 34.1 Å². The second-order valence-electron chi connectivity index (χ2n) is 4.83. The minimum absolute atomic E-state index is 0.0459. The zero-order valence-electron chi connectivity index (χ0n) is 9.51. The molecule has 0 fully saturated rings. The molecule has 0 rings (SSSR count). The van der Waals surface area contributed by atoms with Crippen molar-refractivity contribution in [3.05, 3.63) is 0 Å². The average Bonchev–Trinajstić information content (AvgIpc) is 1.98. The van der Waals surface area contributed by atoms with Crippen LogP contribution in [0.3, 0.4) is 0 Å². The van der Waals surface area contributed by atoms with Crippen molar-refractivity contribution in [3.63, 3.8) is 0 Å². The topological polar surface area (TPSA) is 34.1 Å². The number of hydrogen-bond donors (Lipinski definition) is 0. The molecule has 0 aliphatic carbocycles. The molecule has 0 saturated heterocycles. The lowest BCUT2D eigenvalue weighted by Crippen LogP contribution is -2.30. The molecule has 0 N–H and O–H groups in total. The quantitative estimate of drug-likeness (QED) is 0.728. The van der Waals surface area contributed by atoms with Crippen molar-refractivity contribution in [1.29, 1.82) is 0 Å². The van der Waals surface area contributed by atoms with Crippen LogP contribution in [0.5, 0.6) is 0 Å². The third kappa shape index (κ3) is 5.35. The molecule has 0 aromatic rings. The van der Waals surface area contributed by atoms with Gasteiger partial charge in [0.05, 0.1) is 5.75 Å². The standard InChI is InChI=1S/C10H21BrO2S/c1-5-6-14(12,13)8-9(7-11)10(2,3)4/h9H,5-8H2,1-4H3. The molecular formula is C10H21BrO2S. The van der Waals surface area contributed by atoms with Gasteiger partial charge in [-0.2, -0.15) is 0 Å². The number of halogens is 1. The fourth-order valence-electron chi connectivity index (χ4n) is 1.23. The molecule has 0 saturated carbocycles. The fraction of sp³-hybridized carbons (Fsp3) is 1.00. The molecule has 1 unspecified atom stereocenters. The largest absolute Gasteiger partial charge is 0.229 e. The Morgan fingerprint density at radius 3 is 2.07 bits per heavy atom. The van der Waals surface area contributed by atoms with Crippen molar-refractivity contribution in [2.45, 2.75) is 34.1 Å². The summed E-state index contributed by atoms with van der Waals surface area (Å²) in [7, 11) is -2.86. The van der Waals surface area contributed by atoms with Crippen LogP contribution in [0, 0.1) is 11.3 Å². The molecule has 0 aromatic carbocycles. The van der Waals surface area contributed by atoms with E-state index in [1.807, 2.05) is 6.92 Å². The van der Waals surface area contributed by atoms with Gasteiger partial charge in [-0.3, -0.25) is 0 Å². The van der Waals surface area contributed by atoms with Crippen LogP contribution in [0.15, 0.2) is 0 Å². The first kappa shape index (κ1) is 14.4. The third-order valence-corrected chi connectivity index (χ3v) is 5.10. The van der Waals surface area contributed by atoms with Crippen LogP contribution in [0.2, 0.25) is 0 Å². The van der Waals surface area contributed by atoms with Gasteiger partial charge in [-0.25, -0.2) is 8.42 Å². The van der Waals surface area contributed by atoms with Crippen molar-refractivity contribution in [3.8, 4) is 0 Å². The minimum Gasteiger partial charge on any atom is -0.229 e. The maximum Gasteiger partial charge on any atom is 0.150 e. The van der Waals surface area contributed by atoms with E-state index in [1.165, 1.54) is 0 Å². The van der Waals surface area contributed by atoms with Gasteiger partial charge in [0.15, 0.2) is 9.84 Å². The highest BCUT2D eigenvalue weighted by Gasteiger charge is 2.28. The summed E-state index contributed by atoms with van der Waals surface area (Å²) in [5.41, 5.74) is 0.0459. The molecule has 0 aromatic heterocycles. The van der Waals surface area contributed by atoms with Crippen LogP contribution in [0.4, 0.5) is 0 Å². The van der Waals surface area contributed by atoms with E-state index < -0.39 is 9.84 Å². The maximum atomic E-state index is 11.6. The lowest BCUT2D eigenvalue weighted by atomic mass is 9.83. The maximum absolute atomic E-state index is 11.6. The number of alkyl halides is 1. The summed E-state index contributed by atoms with van der Waals surface area (Å²) >= 11 is 3.39. The number of rotatable bonds is 5. The molecule has 1 atom stereocenters. The van der Waals surface area contributed by atoms with Crippen molar-refractivity contribution in [2.75, 3.05) is 16.8 Å². The Bertz CT molecular complexity index is 252. The molecule has 0 spiro atoms. The van der Waals surface area contributed by atoms with E-state index in [4.69, 9.17) is 0 Å². The van der Waals surface area contributed by atoms with Gasteiger partial charge in [-0.1, -0.05) is 43.6 Å². The van der Waals surface area contributed by atoms with Crippen molar-refractivity contribution in [2.24, 2.45) is 11.3 Å². The summed E-state index contributed by atoms with van der Waals surface area (Å²) in [4.78, 5) is 0. The van der Waals surface area contributed by atoms with Crippen molar-refractivity contribution >= 4 is 25.8 Å². The van der Waals surface area contributed by atoms with Crippen LogP contribution < -0.4 is 0 Å². The first-order valence-electron chi connectivity index (χ1n) is 4.99. The van der Waals surface area contributed by atoms with Gasteiger partial charge >= 0.3 is 0 Å². The SMILES string of the molecule is CCCS(=O)(=O)CC(CBr)C(C)(C)C. The molecule has 2 nitrogen and oxygen atoms in total. The molecule has 0 aliphatic rings. The van der Waals surface area contributed by atoms with E-state index in [-0.39, 0.29) is 11.3 Å². The molecule has 0 heterocycles. The molecule has 0 aliphatic heterocycles. The molecular weight excluding hydrogens is 264 g/mol. The monoisotopic (exact) mass is 284 g/mol. The molecule has 0 bridgehead atoms. The summed E-state index contributed by atoms with van der Waals surface area (Å²) in [5, 5.41) is 0.749. The van der Waals surface area contributed by atoms with E-state index in [2.05, 4.69) is 36.7 Å². The Morgan fingerprint density at radius 1 is 1.29 bits per heavy atom. The lowest BCUT2D eigenvalue weighted by Gasteiger charge is -2.28. The van der Waals surface area contributed by atoms with Crippen LogP contribution in [-0.4, -0.2) is 25.3 Å². The lowest BCUT2D eigenvalue weighted by molar-refractivity contribution is 0.291. The van der Waals surface area contributed by atoms with Gasteiger partial charge in [0.25, 0.3) is 0 Å². The predicted molar refractivity (Wildman–Crippen MR) is 65.7 cm³/mol. The summed E-state index contributed by atoms with van der Waals surface area (Å²) in [5.74, 6) is 0.807. The smallest absolute Gasteiger partial charge is 0.150 e. The van der Waals surface area contributed by atoms with E-state index in [9.17, 15) is 8.42 Å². The van der Waals surface area contributed by atoms with Crippen molar-refractivity contribution in [1.82, 2.24) is 0 Å². The zero-order valence-corrected chi connectivity index (χ0v) is 11.9. The Kier molecular flexibility index (Phi) is 5.67. The summed E-state index contributed by atoms with van der Waals surface area (Å²) < 4.78 is 23.3. The number of sulfone groups is 1. The average molecular weight is 285 g/mol. The highest BCUT2D eigenvalue weighted by Crippen LogP contribution is 2.28. The summed E-state index contributed by atoms with van der Waals surface area (Å²) in [6.45, 7) is 8.15. The van der Waals surface area contributed by atoms with Gasteiger partial charge < -0.3 is 0 Å². The van der Waals surface area contributed by atoms with E-state index in [1.54, 1.807) is 0 Å². The zero-order chi connectivity index (χ0) is 11.4. The predicted octanol–water partition coefficient (Wildman–Crippen LogP) is 2.87. The van der Waals surface area contributed by atoms with Gasteiger partial charge in [-0.15, -0.1) is 0 Å². The molecule has 0 radical (unpaired) electrons. The van der Waals surface area contributed by atoms with Gasteiger partial charge in [0, 0.05) is 11.1 Å². The van der Waals surface area contributed by atoms with E-state index in [0.29, 0.717) is 17.9 Å². The number of hydrogen-bond acceptors (Lipinski definition) is 2. The normalized spacial score (nSPS) is 15.5. The van der Waals surface area contributed by atoms with E-state index >= 15 is 0 Å². The Hall–Kier alpha value is 0.430. The summed E-state index contributed by atoms with van der Waals surface area (Å²) in [6.07, 6.45) is 0.710. The van der Waals surface area contributed by atoms with Gasteiger partial charge in [0.1, 0.15) is 0 Å². The van der Waals surface area contributed by atoms with Crippen LogP contribution in [-0.2, 0) is 9.84 Å². The van der Waals surface area contributed by atoms with Gasteiger partial charge in [0.2, 0.25) is 0 Å². The second kappa shape index (κ2) is 5.50. The van der Waals surface area contributed by atoms with E-state index in [0.717, 1.165) is 5.33 Å². The molecule has 86 valence electrons. The first-order valence-corrected chi connectivity index (χ1v) is 7.93. The van der Waals surface area contributed by atoms with Gasteiger partial charge in [-0.05, 0) is 17.8 Å². The summed E-state index contributed by atoms with van der Waals surface area (Å²) in [6, 6.07) is 0. The van der Waals surface area contributed by atoms with Crippen LogP contribution in [0.25, 0.3) is 0 Å². The first-order chi connectivity index (χ1) is 6.23. The Balaban J connectivity index is 4.48. The molecule has 4 heteroatoms. The highest BCUT2D eigenvalue weighted by molar-refractivity contribution is 9.09. The highest BCUT2D eigenvalue weighted by atomic mass is 79.9.